The van der Waals surface area contributed by atoms with Crippen LogP contribution < -0.4 is 0 Å². The van der Waals surface area contributed by atoms with Gasteiger partial charge in [0.25, 0.3) is 5.91 Å². The third kappa shape index (κ3) is 2.65. The number of hydrogen-bond donors (Lipinski definition) is 1. The van der Waals surface area contributed by atoms with Crippen molar-refractivity contribution in [1.29, 1.82) is 0 Å². The molecule has 0 saturated carbocycles. The second-order valence-electron chi connectivity index (χ2n) is 4.89. The summed E-state index contributed by atoms with van der Waals surface area (Å²) < 4.78 is 0. The minimum atomic E-state index is 0.0243. The van der Waals surface area contributed by atoms with Gasteiger partial charge in [-0.1, -0.05) is 18.2 Å². The Balaban J connectivity index is 1.90. The van der Waals surface area contributed by atoms with Crippen LogP contribution in [0, 0.1) is 0 Å². The van der Waals surface area contributed by atoms with Crippen LogP contribution in [0.15, 0.2) is 54.9 Å². The summed E-state index contributed by atoms with van der Waals surface area (Å²) in [5, 5.41) is 1.05. The number of rotatable bonds is 4. The number of pyridine rings is 1. The smallest absolute Gasteiger partial charge is 0.256 e. The fourth-order valence-electron chi connectivity index (χ4n) is 2.45. The Labute approximate surface area is 123 Å². The van der Waals surface area contributed by atoms with E-state index < -0.39 is 0 Å². The number of H-pyrrole nitrogens is 1. The number of amides is 1. The Morgan fingerprint density at radius 1 is 1.19 bits per heavy atom. The second kappa shape index (κ2) is 5.79. The number of carbonyl (C=O) groups excluding carboxylic acids is 1. The summed E-state index contributed by atoms with van der Waals surface area (Å²) in [6.07, 6.45) is 3.61. The molecule has 2 heterocycles. The highest BCUT2D eigenvalue weighted by Crippen LogP contribution is 2.19. The summed E-state index contributed by atoms with van der Waals surface area (Å²) in [5.41, 5.74) is 2.49. The van der Waals surface area contributed by atoms with Crippen molar-refractivity contribution in [3.05, 3.63) is 66.1 Å². The molecule has 0 aliphatic carbocycles. The topological polar surface area (TPSA) is 49.0 Å². The molecule has 0 radical (unpaired) electrons. The SMILES string of the molecule is CCN(Cc1ccccn1)C(=O)c1cccc2cc[nH]c12. The van der Waals surface area contributed by atoms with Gasteiger partial charge in [-0.15, -0.1) is 0 Å². The van der Waals surface area contributed by atoms with Crippen molar-refractivity contribution in [2.45, 2.75) is 13.5 Å². The molecule has 0 aliphatic rings. The molecule has 1 N–H and O–H groups in total. The van der Waals surface area contributed by atoms with Gasteiger partial charge in [-0.3, -0.25) is 9.78 Å². The molecular formula is C17H17N3O. The molecule has 3 rings (SSSR count). The lowest BCUT2D eigenvalue weighted by Gasteiger charge is -2.21. The van der Waals surface area contributed by atoms with Gasteiger partial charge in [0.2, 0.25) is 0 Å². The fraction of sp³-hybridized carbons (Fsp3) is 0.176. The number of benzene rings is 1. The van der Waals surface area contributed by atoms with Crippen molar-refractivity contribution in [2.24, 2.45) is 0 Å². The van der Waals surface area contributed by atoms with Crippen LogP contribution in [0.5, 0.6) is 0 Å². The predicted molar refractivity (Wildman–Crippen MR) is 83.0 cm³/mol. The fourth-order valence-corrected chi connectivity index (χ4v) is 2.45. The van der Waals surface area contributed by atoms with Gasteiger partial charge < -0.3 is 9.88 Å². The number of carbonyl (C=O) groups is 1. The molecule has 106 valence electrons. The number of aromatic nitrogens is 2. The van der Waals surface area contributed by atoms with Crippen LogP contribution in [0.1, 0.15) is 23.0 Å². The third-order valence-corrected chi connectivity index (χ3v) is 3.57. The predicted octanol–water partition coefficient (Wildman–Crippen LogP) is 3.23. The van der Waals surface area contributed by atoms with Gasteiger partial charge >= 0.3 is 0 Å². The van der Waals surface area contributed by atoms with E-state index in [1.165, 1.54) is 0 Å². The van der Waals surface area contributed by atoms with Crippen LogP contribution in [0.2, 0.25) is 0 Å². The number of nitrogens with one attached hydrogen (secondary N) is 1. The summed E-state index contributed by atoms with van der Waals surface area (Å²) in [4.78, 5) is 22.0. The Bertz CT molecular complexity index is 749. The molecule has 0 saturated heterocycles. The van der Waals surface area contributed by atoms with E-state index in [1.54, 1.807) is 11.1 Å². The van der Waals surface area contributed by atoms with Crippen molar-refractivity contribution in [3.63, 3.8) is 0 Å². The van der Waals surface area contributed by atoms with E-state index in [-0.39, 0.29) is 5.91 Å². The number of hydrogen-bond acceptors (Lipinski definition) is 2. The van der Waals surface area contributed by atoms with Gasteiger partial charge in [-0.25, -0.2) is 0 Å². The third-order valence-electron chi connectivity index (χ3n) is 3.57. The maximum Gasteiger partial charge on any atom is 0.256 e. The molecule has 3 aromatic rings. The molecule has 0 atom stereocenters. The maximum absolute atomic E-state index is 12.8. The summed E-state index contributed by atoms with van der Waals surface area (Å²) in [7, 11) is 0. The lowest BCUT2D eigenvalue weighted by Crippen LogP contribution is -2.30. The summed E-state index contributed by atoms with van der Waals surface area (Å²) in [5.74, 6) is 0.0243. The second-order valence-corrected chi connectivity index (χ2v) is 4.89. The highest BCUT2D eigenvalue weighted by Gasteiger charge is 2.17. The lowest BCUT2D eigenvalue weighted by atomic mass is 10.1. The molecule has 1 amide bonds. The standard InChI is InChI=1S/C17H17N3O/c1-2-20(12-14-7-3-4-10-18-14)17(21)15-8-5-6-13-9-11-19-16(13)15/h3-11,19H,2,12H2,1H3. The van der Waals surface area contributed by atoms with Gasteiger partial charge in [-0.2, -0.15) is 0 Å². The molecule has 0 unspecified atom stereocenters. The number of fused-ring (bicyclic) bond motifs is 1. The van der Waals surface area contributed by atoms with Gasteiger partial charge in [-0.05, 0) is 31.2 Å². The van der Waals surface area contributed by atoms with Crippen molar-refractivity contribution >= 4 is 16.8 Å². The van der Waals surface area contributed by atoms with Crippen molar-refractivity contribution in [1.82, 2.24) is 14.9 Å². The first kappa shape index (κ1) is 13.4. The van der Waals surface area contributed by atoms with Gasteiger partial charge in [0.05, 0.1) is 23.3 Å². The van der Waals surface area contributed by atoms with Crippen LogP contribution >= 0.6 is 0 Å². The summed E-state index contributed by atoms with van der Waals surface area (Å²) >= 11 is 0. The lowest BCUT2D eigenvalue weighted by molar-refractivity contribution is 0.0752. The molecule has 4 heteroatoms. The van der Waals surface area contributed by atoms with E-state index in [1.807, 2.05) is 55.6 Å². The van der Waals surface area contributed by atoms with Gasteiger partial charge in [0.1, 0.15) is 0 Å². The summed E-state index contributed by atoms with van der Waals surface area (Å²) in [6, 6.07) is 13.5. The molecule has 0 bridgehead atoms. The first-order valence-corrected chi connectivity index (χ1v) is 7.05. The van der Waals surface area contributed by atoms with E-state index in [0.717, 1.165) is 16.6 Å². The molecule has 0 fully saturated rings. The average molecular weight is 279 g/mol. The molecule has 2 aromatic heterocycles. The van der Waals surface area contributed by atoms with Crippen LogP contribution in [-0.4, -0.2) is 27.3 Å². The van der Waals surface area contributed by atoms with Crippen LogP contribution in [0.25, 0.3) is 10.9 Å². The normalized spacial score (nSPS) is 10.7. The Morgan fingerprint density at radius 2 is 2.10 bits per heavy atom. The van der Waals surface area contributed by atoms with Crippen molar-refractivity contribution in [2.75, 3.05) is 6.54 Å². The molecule has 4 nitrogen and oxygen atoms in total. The molecular weight excluding hydrogens is 262 g/mol. The van der Waals surface area contributed by atoms with Crippen molar-refractivity contribution in [3.8, 4) is 0 Å². The van der Waals surface area contributed by atoms with E-state index in [4.69, 9.17) is 0 Å². The van der Waals surface area contributed by atoms with E-state index in [2.05, 4.69) is 9.97 Å². The van der Waals surface area contributed by atoms with Crippen LogP contribution in [-0.2, 0) is 6.54 Å². The average Bonchev–Trinajstić information content (AvgIpc) is 3.01. The molecule has 1 aromatic carbocycles. The highest BCUT2D eigenvalue weighted by atomic mass is 16.2. The Morgan fingerprint density at radius 3 is 2.86 bits per heavy atom. The number of para-hydroxylation sites is 1. The minimum Gasteiger partial charge on any atom is -0.361 e. The highest BCUT2D eigenvalue weighted by molar-refractivity contribution is 6.05. The van der Waals surface area contributed by atoms with Gasteiger partial charge in [0, 0.05) is 24.3 Å². The maximum atomic E-state index is 12.8. The van der Waals surface area contributed by atoms with E-state index in [0.29, 0.717) is 18.7 Å². The number of nitrogens with zero attached hydrogens (tertiary/aromatic N) is 2. The van der Waals surface area contributed by atoms with Crippen molar-refractivity contribution < 1.29 is 4.79 Å². The molecule has 0 aliphatic heterocycles. The van der Waals surface area contributed by atoms with Crippen LogP contribution in [0.4, 0.5) is 0 Å². The monoisotopic (exact) mass is 279 g/mol. The number of aromatic amines is 1. The van der Waals surface area contributed by atoms with E-state index >= 15 is 0 Å². The zero-order chi connectivity index (χ0) is 14.7. The van der Waals surface area contributed by atoms with Crippen LogP contribution in [0.3, 0.4) is 0 Å². The minimum absolute atomic E-state index is 0.0243. The van der Waals surface area contributed by atoms with Gasteiger partial charge in [0.15, 0.2) is 0 Å². The zero-order valence-electron chi connectivity index (χ0n) is 11.9. The largest absolute Gasteiger partial charge is 0.361 e. The Hall–Kier alpha value is -2.62. The Kier molecular flexibility index (Phi) is 3.69. The molecule has 0 spiro atoms. The quantitative estimate of drug-likeness (QED) is 0.797. The first-order chi connectivity index (χ1) is 10.3. The first-order valence-electron chi connectivity index (χ1n) is 7.05. The summed E-state index contributed by atoms with van der Waals surface area (Å²) in [6.45, 7) is 3.15. The zero-order valence-corrected chi connectivity index (χ0v) is 11.9. The van der Waals surface area contributed by atoms with E-state index in [9.17, 15) is 4.79 Å². The molecule has 21 heavy (non-hydrogen) atoms.